The number of nitrogens with zero attached hydrogens (tertiary/aromatic N) is 2. The molecular formula is C24H32N8OS. The molecule has 0 radical (unpaired) electrons. The van der Waals surface area contributed by atoms with Gasteiger partial charge in [-0.25, -0.2) is 4.79 Å². The Kier molecular flexibility index (Phi) is 6.73. The molecular weight excluding hydrogens is 448 g/mol. The second kappa shape index (κ2) is 9.91. The Morgan fingerprint density at radius 1 is 1.24 bits per heavy atom. The summed E-state index contributed by atoms with van der Waals surface area (Å²) in [5, 5.41) is 15.6. The number of aromatic amines is 1. The van der Waals surface area contributed by atoms with Crippen LogP contribution in [0.5, 0.6) is 0 Å². The molecule has 2 aliphatic heterocycles. The van der Waals surface area contributed by atoms with E-state index >= 15 is 0 Å². The van der Waals surface area contributed by atoms with Crippen molar-refractivity contribution < 1.29 is 0 Å². The lowest BCUT2D eigenvalue weighted by atomic mass is 9.92. The van der Waals surface area contributed by atoms with Crippen LogP contribution in [0, 0.1) is 5.41 Å². The normalized spacial score (nSPS) is 25.1. The van der Waals surface area contributed by atoms with Gasteiger partial charge >= 0.3 is 5.69 Å². The molecule has 8 N–H and O–H groups in total. The van der Waals surface area contributed by atoms with E-state index in [0.717, 1.165) is 54.7 Å². The maximum Gasteiger partial charge on any atom is 0.354 e. The number of nitrogens with two attached hydrogens (primary N) is 2. The number of fused-ring (bicyclic) bond motifs is 1. The molecule has 4 atom stereocenters. The van der Waals surface area contributed by atoms with E-state index in [0.29, 0.717) is 17.7 Å². The van der Waals surface area contributed by atoms with Gasteiger partial charge in [-0.15, -0.1) is 0 Å². The van der Waals surface area contributed by atoms with Crippen molar-refractivity contribution in [3.8, 4) is 5.69 Å². The number of rotatable bonds is 6. The SMILES string of the molecule is N=C(N)SCC[C@@H]1CCC[C@@H](c2ccc(-n3cc4cc([C@@H]5C[C@@H](N)CN5)[nH]c4nc3=O)cc2)N1. The Labute approximate surface area is 202 Å². The largest absolute Gasteiger partial charge is 0.379 e. The highest BCUT2D eigenvalue weighted by Crippen LogP contribution is 2.28. The molecule has 2 aromatic heterocycles. The van der Waals surface area contributed by atoms with E-state index in [1.165, 1.54) is 23.7 Å². The summed E-state index contributed by atoms with van der Waals surface area (Å²) in [7, 11) is 0. The van der Waals surface area contributed by atoms with Crippen molar-refractivity contribution in [3.05, 3.63) is 58.3 Å². The average Bonchev–Trinajstić information content (AvgIpc) is 3.44. The van der Waals surface area contributed by atoms with Crippen LogP contribution < -0.4 is 27.8 Å². The summed E-state index contributed by atoms with van der Waals surface area (Å²) in [6, 6.07) is 11.3. The fraction of sp³-hybridized carbons (Fsp3) is 0.458. The van der Waals surface area contributed by atoms with Gasteiger partial charge in [0.25, 0.3) is 0 Å². The lowest BCUT2D eigenvalue weighted by Gasteiger charge is -2.31. The maximum absolute atomic E-state index is 12.8. The molecule has 0 unspecified atom stereocenters. The van der Waals surface area contributed by atoms with E-state index in [2.05, 4.69) is 38.8 Å². The van der Waals surface area contributed by atoms with Crippen LogP contribution in [0.4, 0.5) is 0 Å². The van der Waals surface area contributed by atoms with Gasteiger partial charge in [-0.2, -0.15) is 4.98 Å². The first-order valence-corrected chi connectivity index (χ1v) is 12.9. The molecule has 5 rings (SSSR count). The quantitative estimate of drug-likeness (QED) is 0.234. The van der Waals surface area contributed by atoms with Crippen molar-refractivity contribution in [2.75, 3.05) is 12.3 Å². The minimum absolute atomic E-state index is 0.149. The molecule has 3 aromatic rings. The summed E-state index contributed by atoms with van der Waals surface area (Å²) in [5.74, 6) is 0.863. The predicted octanol–water partition coefficient (Wildman–Crippen LogP) is 2.28. The summed E-state index contributed by atoms with van der Waals surface area (Å²) < 4.78 is 1.60. The van der Waals surface area contributed by atoms with E-state index < -0.39 is 0 Å². The molecule has 2 fully saturated rings. The van der Waals surface area contributed by atoms with E-state index in [-0.39, 0.29) is 22.9 Å². The standard InChI is InChI=1S/C24H32N8OS/c25-16-11-20(28-12-16)21-10-15-13-32(24(33)31-22(15)30-21)18-6-4-14(5-7-18)19-3-1-2-17(29-19)8-9-34-23(26)27/h4-7,10,13,16-17,19-20,28-29H,1-3,8-9,11-12,25H2,(H3,26,27)(H,30,31,33)/t16-,17+,19+,20+/m1/s1. The molecule has 1 aromatic carbocycles. The van der Waals surface area contributed by atoms with E-state index in [1.54, 1.807) is 4.57 Å². The zero-order valence-electron chi connectivity index (χ0n) is 19.1. The highest BCUT2D eigenvalue weighted by molar-refractivity contribution is 8.13. The van der Waals surface area contributed by atoms with Gasteiger partial charge < -0.3 is 27.1 Å². The number of nitrogens with one attached hydrogen (secondary N) is 4. The van der Waals surface area contributed by atoms with Crippen molar-refractivity contribution in [2.45, 2.75) is 56.3 Å². The van der Waals surface area contributed by atoms with Crippen LogP contribution in [0.2, 0.25) is 0 Å². The summed E-state index contributed by atoms with van der Waals surface area (Å²) in [6.07, 6.45) is 7.13. The Morgan fingerprint density at radius 3 is 2.79 bits per heavy atom. The van der Waals surface area contributed by atoms with Crippen LogP contribution in [0.25, 0.3) is 16.7 Å². The fourth-order valence-electron chi connectivity index (χ4n) is 5.08. The van der Waals surface area contributed by atoms with Crippen molar-refractivity contribution in [2.24, 2.45) is 11.5 Å². The zero-order chi connectivity index (χ0) is 23.7. The van der Waals surface area contributed by atoms with Gasteiger partial charge in [0.15, 0.2) is 5.17 Å². The number of thioether (sulfide) groups is 1. The van der Waals surface area contributed by atoms with Gasteiger partial charge in [-0.1, -0.05) is 30.3 Å². The molecule has 180 valence electrons. The first kappa shape index (κ1) is 23.1. The average molecular weight is 481 g/mol. The molecule has 2 aliphatic rings. The van der Waals surface area contributed by atoms with Crippen LogP contribution >= 0.6 is 11.8 Å². The van der Waals surface area contributed by atoms with E-state index in [1.807, 2.05) is 18.3 Å². The number of hydrogen-bond acceptors (Lipinski definition) is 7. The Hall–Kier alpha value is -2.66. The number of amidine groups is 1. The summed E-state index contributed by atoms with van der Waals surface area (Å²) in [6.45, 7) is 0.792. The van der Waals surface area contributed by atoms with Crippen LogP contribution in [0.1, 0.15) is 55.4 Å². The van der Waals surface area contributed by atoms with Crippen molar-refractivity contribution in [1.29, 1.82) is 5.41 Å². The summed E-state index contributed by atoms with van der Waals surface area (Å²) in [5.41, 5.74) is 14.8. The first-order chi connectivity index (χ1) is 16.5. The number of benzene rings is 1. The van der Waals surface area contributed by atoms with Gasteiger partial charge in [0.05, 0.1) is 5.69 Å². The molecule has 0 aliphatic carbocycles. The first-order valence-electron chi connectivity index (χ1n) is 11.9. The van der Waals surface area contributed by atoms with Crippen molar-refractivity contribution in [3.63, 3.8) is 0 Å². The zero-order valence-corrected chi connectivity index (χ0v) is 19.9. The topological polar surface area (TPSA) is 151 Å². The molecule has 0 spiro atoms. The lowest BCUT2D eigenvalue weighted by Crippen LogP contribution is -2.37. The van der Waals surface area contributed by atoms with Gasteiger partial charge in [0.2, 0.25) is 0 Å². The van der Waals surface area contributed by atoms with E-state index in [4.69, 9.17) is 16.9 Å². The van der Waals surface area contributed by atoms with Crippen molar-refractivity contribution >= 4 is 28.0 Å². The summed E-state index contributed by atoms with van der Waals surface area (Å²) >= 11 is 1.40. The highest BCUT2D eigenvalue weighted by Gasteiger charge is 2.24. The van der Waals surface area contributed by atoms with Gasteiger partial charge in [-0.05, 0) is 49.4 Å². The minimum Gasteiger partial charge on any atom is -0.379 e. The molecule has 0 bridgehead atoms. The molecule has 0 saturated carbocycles. The molecule has 9 nitrogen and oxygen atoms in total. The van der Waals surface area contributed by atoms with Crippen LogP contribution in [-0.2, 0) is 0 Å². The van der Waals surface area contributed by atoms with Crippen molar-refractivity contribution in [1.82, 2.24) is 25.2 Å². The number of piperidine rings is 1. The molecule has 0 amide bonds. The molecule has 2 saturated heterocycles. The number of H-pyrrole nitrogens is 1. The number of aromatic nitrogens is 3. The summed E-state index contributed by atoms with van der Waals surface area (Å²) in [4.78, 5) is 20.3. The smallest absolute Gasteiger partial charge is 0.354 e. The van der Waals surface area contributed by atoms with Gasteiger partial charge in [-0.3, -0.25) is 9.98 Å². The van der Waals surface area contributed by atoms with Crippen LogP contribution in [0.15, 0.2) is 41.3 Å². The second-order valence-electron chi connectivity index (χ2n) is 9.32. The number of hydrogen-bond donors (Lipinski definition) is 6. The molecule has 34 heavy (non-hydrogen) atoms. The highest BCUT2D eigenvalue weighted by atomic mass is 32.2. The molecule has 4 heterocycles. The fourth-order valence-corrected chi connectivity index (χ4v) is 5.70. The lowest BCUT2D eigenvalue weighted by molar-refractivity contribution is 0.320. The second-order valence-corrected chi connectivity index (χ2v) is 10.5. The third-order valence-electron chi connectivity index (χ3n) is 6.85. The Morgan fingerprint density at radius 2 is 2.06 bits per heavy atom. The van der Waals surface area contributed by atoms with Crippen LogP contribution in [0.3, 0.4) is 0 Å². The van der Waals surface area contributed by atoms with E-state index in [9.17, 15) is 4.79 Å². The maximum atomic E-state index is 12.8. The monoisotopic (exact) mass is 480 g/mol. The third kappa shape index (κ3) is 5.05. The minimum atomic E-state index is -0.302. The van der Waals surface area contributed by atoms with Gasteiger partial charge in [0, 0.05) is 53.7 Å². The predicted molar refractivity (Wildman–Crippen MR) is 138 cm³/mol. The van der Waals surface area contributed by atoms with Crippen LogP contribution in [-0.4, -0.2) is 44.1 Å². The Balaban J connectivity index is 1.30. The third-order valence-corrected chi connectivity index (χ3v) is 7.60. The molecule has 10 heteroatoms. The Bertz CT molecular complexity index is 1220. The van der Waals surface area contributed by atoms with Gasteiger partial charge in [0.1, 0.15) is 5.65 Å².